The van der Waals surface area contributed by atoms with Gasteiger partial charge in [-0.05, 0) is 45.4 Å². The van der Waals surface area contributed by atoms with Gasteiger partial charge in [0.15, 0.2) is 0 Å². The smallest absolute Gasteiger partial charge is 0.239 e. The van der Waals surface area contributed by atoms with Gasteiger partial charge in [0, 0.05) is 24.5 Å². The Labute approximate surface area is 160 Å². The number of ether oxygens (including phenoxy) is 1. The molecule has 0 aliphatic carbocycles. The molecule has 0 spiro atoms. The molecule has 1 saturated heterocycles. The molecule has 0 unspecified atom stereocenters. The number of morpholine rings is 1. The lowest BCUT2D eigenvalue weighted by molar-refractivity contribution is -0.121. The number of anilines is 1. The van der Waals surface area contributed by atoms with Gasteiger partial charge in [-0.2, -0.15) is 5.26 Å². The van der Waals surface area contributed by atoms with Crippen LogP contribution in [-0.4, -0.2) is 47.2 Å². The van der Waals surface area contributed by atoms with Crippen molar-refractivity contribution in [2.75, 3.05) is 25.0 Å². The van der Waals surface area contributed by atoms with Crippen molar-refractivity contribution in [3.05, 3.63) is 47.2 Å². The molecule has 1 N–H and O–H groups in total. The first-order valence-corrected chi connectivity index (χ1v) is 9.25. The fourth-order valence-corrected chi connectivity index (χ4v) is 3.75. The van der Waals surface area contributed by atoms with Crippen LogP contribution in [0.15, 0.2) is 30.3 Å². The molecule has 6 nitrogen and oxygen atoms in total. The Kier molecular flexibility index (Phi) is 5.64. The van der Waals surface area contributed by atoms with E-state index in [0.29, 0.717) is 11.4 Å². The summed E-state index contributed by atoms with van der Waals surface area (Å²) in [6.45, 7) is 9.63. The summed E-state index contributed by atoms with van der Waals surface area (Å²) in [5, 5.41) is 12.6. The highest BCUT2D eigenvalue weighted by Crippen LogP contribution is 2.29. The van der Waals surface area contributed by atoms with E-state index >= 15 is 0 Å². The quantitative estimate of drug-likeness (QED) is 0.903. The number of amides is 1. The molecule has 1 aromatic heterocycles. The Hall–Kier alpha value is -2.62. The SMILES string of the molecule is Cc1c(C#N)c(NC(=O)CN2C[C@@H](C)O[C@H](C)C2)n(-c2ccccc2)c1C. The summed E-state index contributed by atoms with van der Waals surface area (Å²) in [4.78, 5) is 14.8. The van der Waals surface area contributed by atoms with Gasteiger partial charge in [0.1, 0.15) is 11.9 Å². The Balaban J connectivity index is 1.87. The standard InChI is InChI=1S/C21H26N4O2/c1-14-11-24(12-15(2)27-14)13-20(26)23-21-19(10-22)16(3)17(4)25(21)18-8-6-5-7-9-18/h5-9,14-15H,11-13H2,1-4H3,(H,23,26)/t14-,15-/m1/s1. The van der Waals surface area contributed by atoms with E-state index < -0.39 is 0 Å². The van der Waals surface area contributed by atoms with E-state index in [2.05, 4.69) is 16.3 Å². The lowest BCUT2D eigenvalue weighted by Crippen LogP contribution is -2.48. The Morgan fingerprint density at radius 2 is 1.85 bits per heavy atom. The van der Waals surface area contributed by atoms with E-state index in [9.17, 15) is 10.1 Å². The molecule has 1 amide bonds. The summed E-state index contributed by atoms with van der Waals surface area (Å²) in [5.74, 6) is 0.417. The maximum Gasteiger partial charge on any atom is 0.239 e. The van der Waals surface area contributed by atoms with Crippen molar-refractivity contribution >= 4 is 11.7 Å². The minimum atomic E-state index is -0.123. The Morgan fingerprint density at radius 1 is 1.22 bits per heavy atom. The third-order valence-electron chi connectivity index (χ3n) is 4.96. The highest BCUT2D eigenvalue weighted by Gasteiger charge is 2.25. The molecule has 2 heterocycles. The van der Waals surface area contributed by atoms with E-state index in [1.165, 1.54) is 0 Å². The molecule has 0 bridgehead atoms. The fourth-order valence-electron chi connectivity index (χ4n) is 3.75. The van der Waals surface area contributed by atoms with E-state index in [1.807, 2.05) is 62.6 Å². The number of carbonyl (C=O) groups excluding carboxylic acids is 1. The topological polar surface area (TPSA) is 70.3 Å². The molecule has 1 aliphatic heterocycles. The maximum absolute atomic E-state index is 12.7. The second kappa shape index (κ2) is 7.95. The summed E-state index contributed by atoms with van der Waals surface area (Å²) in [5.41, 5.74) is 3.25. The third-order valence-corrected chi connectivity index (χ3v) is 4.96. The van der Waals surface area contributed by atoms with Gasteiger partial charge in [-0.25, -0.2) is 0 Å². The highest BCUT2D eigenvalue weighted by atomic mass is 16.5. The zero-order valence-corrected chi connectivity index (χ0v) is 16.3. The molecule has 0 radical (unpaired) electrons. The van der Waals surface area contributed by atoms with Crippen molar-refractivity contribution in [2.24, 2.45) is 0 Å². The van der Waals surface area contributed by atoms with Crippen LogP contribution < -0.4 is 5.32 Å². The number of hydrogen-bond donors (Lipinski definition) is 1. The van der Waals surface area contributed by atoms with Crippen molar-refractivity contribution in [3.63, 3.8) is 0 Å². The summed E-state index contributed by atoms with van der Waals surface area (Å²) < 4.78 is 7.67. The van der Waals surface area contributed by atoms with Crippen LogP contribution in [0.4, 0.5) is 5.82 Å². The minimum Gasteiger partial charge on any atom is -0.373 e. The minimum absolute atomic E-state index is 0.105. The number of aromatic nitrogens is 1. The van der Waals surface area contributed by atoms with Crippen LogP contribution in [0.3, 0.4) is 0 Å². The van der Waals surface area contributed by atoms with Crippen molar-refractivity contribution in [1.29, 1.82) is 5.26 Å². The average Bonchev–Trinajstić information content (AvgIpc) is 2.84. The van der Waals surface area contributed by atoms with Gasteiger partial charge in [0.2, 0.25) is 5.91 Å². The molecule has 0 saturated carbocycles. The molecule has 3 rings (SSSR count). The van der Waals surface area contributed by atoms with Gasteiger partial charge in [-0.1, -0.05) is 18.2 Å². The molecule has 1 aromatic carbocycles. The van der Waals surface area contributed by atoms with E-state index in [-0.39, 0.29) is 24.7 Å². The predicted octanol–water partition coefficient (Wildman–Crippen LogP) is 3.01. The highest BCUT2D eigenvalue weighted by molar-refractivity contribution is 5.93. The summed E-state index contributed by atoms with van der Waals surface area (Å²) >= 11 is 0. The molecular formula is C21H26N4O2. The molecule has 1 fully saturated rings. The first kappa shape index (κ1) is 19.2. The monoisotopic (exact) mass is 366 g/mol. The van der Waals surface area contributed by atoms with Crippen LogP contribution >= 0.6 is 0 Å². The summed E-state index contributed by atoms with van der Waals surface area (Å²) in [6.07, 6.45) is 0.211. The van der Waals surface area contributed by atoms with Crippen LogP contribution in [0.2, 0.25) is 0 Å². The largest absolute Gasteiger partial charge is 0.373 e. The zero-order valence-electron chi connectivity index (χ0n) is 16.3. The van der Waals surface area contributed by atoms with Crippen molar-refractivity contribution in [3.8, 4) is 11.8 Å². The van der Waals surface area contributed by atoms with Gasteiger partial charge in [-0.15, -0.1) is 0 Å². The predicted molar refractivity (Wildman–Crippen MR) is 105 cm³/mol. The number of nitrogens with one attached hydrogen (secondary N) is 1. The van der Waals surface area contributed by atoms with Crippen molar-refractivity contribution in [2.45, 2.75) is 39.9 Å². The number of rotatable bonds is 4. The number of hydrogen-bond acceptors (Lipinski definition) is 4. The lowest BCUT2D eigenvalue weighted by atomic mass is 10.2. The van der Waals surface area contributed by atoms with Crippen molar-refractivity contribution < 1.29 is 9.53 Å². The van der Waals surface area contributed by atoms with Crippen LogP contribution in [-0.2, 0) is 9.53 Å². The number of benzene rings is 1. The van der Waals surface area contributed by atoms with Crippen molar-refractivity contribution in [1.82, 2.24) is 9.47 Å². The van der Waals surface area contributed by atoms with Gasteiger partial charge in [0.05, 0.1) is 24.3 Å². The molecule has 1 aliphatic rings. The lowest BCUT2D eigenvalue weighted by Gasteiger charge is -2.34. The second-order valence-corrected chi connectivity index (χ2v) is 7.22. The molecule has 27 heavy (non-hydrogen) atoms. The fraction of sp³-hybridized carbons (Fsp3) is 0.429. The number of nitrogens with zero attached hydrogens (tertiary/aromatic N) is 3. The van der Waals surface area contributed by atoms with Gasteiger partial charge < -0.3 is 10.1 Å². The van der Waals surface area contributed by atoms with Gasteiger partial charge >= 0.3 is 0 Å². The number of para-hydroxylation sites is 1. The third kappa shape index (κ3) is 4.05. The molecule has 2 atom stereocenters. The zero-order chi connectivity index (χ0) is 19.6. The second-order valence-electron chi connectivity index (χ2n) is 7.22. The summed E-state index contributed by atoms with van der Waals surface area (Å²) in [6, 6.07) is 12.0. The van der Waals surface area contributed by atoms with E-state index in [1.54, 1.807) is 0 Å². The van der Waals surface area contributed by atoms with Gasteiger partial charge in [0.25, 0.3) is 0 Å². The normalized spacial score (nSPS) is 20.3. The number of carbonyl (C=O) groups is 1. The molecular weight excluding hydrogens is 340 g/mol. The molecule has 6 heteroatoms. The maximum atomic E-state index is 12.7. The van der Waals surface area contributed by atoms with E-state index in [4.69, 9.17) is 4.74 Å². The number of nitriles is 1. The molecule has 2 aromatic rings. The van der Waals surface area contributed by atoms with Crippen LogP contribution in [0.1, 0.15) is 30.7 Å². The first-order valence-electron chi connectivity index (χ1n) is 9.25. The van der Waals surface area contributed by atoms with Crippen LogP contribution in [0, 0.1) is 25.2 Å². The summed E-state index contributed by atoms with van der Waals surface area (Å²) in [7, 11) is 0. The molecule has 142 valence electrons. The Bertz CT molecular complexity index is 857. The van der Waals surface area contributed by atoms with Crippen LogP contribution in [0.5, 0.6) is 0 Å². The Morgan fingerprint density at radius 3 is 2.44 bits per heavy atom. The van der Waals surface area contributed by atoms with E-state index in [0.717, 1.165) is 30.0 Å². The first-order chi connectivity index (χ1) is 12.9. The van der Waals surface area contributed by atoms with Crippen LogP contribution in [0.25, 0.3) is 5.69 Å². The average molecular weight is 366 g/mol. The van der Waals surface area contributed by atoms with Gasteiger partial charge in [-0.3, -0.25) is 14.3 Å².